The van der Waals surface area contributed by atoms with E-state index in [0.717, 1.165) is 12.8 Å². The molecule has 0 aliphatic heterocycles. The Kier molecular flexibility index (Phi) is 15.8. The number of nitro groups is 1. The summed E-state index contributed by atoms with van der Waals surface area (Å²) in [5.41, 5.74) is 0.632. The molecule has 0 fully saturated rings. The molecule has 0 aromatic heterocycles. The van der Waals surface area contributed by atoms with E-state index in [9.17, 15) is 15.2 Å². The van der Waals surface area contributed by atoms with Gasteiger partial charge >= 0.3 is 0 Å². The Bertz CT molecular complexity index is 1310. The zero-order valence-electron chi connectivity index (χ0n) is 25.3. The molecular weight excluding hydrogens is 630 g/mol. The number of fused-ring (bicyclic) bond motifs is 1. The molecule has 0 aliphatic rings. The molecule has 9 heteroatoms. The van der Waals surface area contributed by atoms with Gasteiger partial charge in [0.05, 0.1) is 26.7 Å². The first kappa shape index (κ1) is 34.8. The normalized spacial score (nSPS) is 11.5. The van der Waals surface area contributed by atoms with Crippen molar-refractivity contribution in [2.24, 2.45) is 10.2 Å². The monoisotopic (exact) mass is 673 g/mol. The average Bonchev–Trinajstić information content (AvgIpc) is 2.99. The summed E-state index contributed by atoms with van der Waals surface area (Å²) >= 11 is 9.55. The molecule has 0 bridgehead atoms. The Morgan fingerprint density at radius 2 is 1.35 bits per heavy atom. The number of phenolic OH excluding ortho intramolecular Hbond substituents is 1. The van der Waals surface area contributed by atoms with Crippen LogP contribution < -0.4 is 4.74 Å². The Morgan fingerprint density at radius 1 is 0.814 bits per heavy atom. The fraction of sp³-hybridized carbons (Fsp3) is 0.529. The number of ether oxygens (including phenoxy) is 1. The highest BCUT2D eigenvalue weighted by Crippen LogP contribution is 2.43. The number of non-ortho nitro benzene ring substituents is 1. The van der Waals surface area contributed by atoms with Gasteiger partial charge < -0.3 is 9.84 Å². The number of unbranched alkanes of at least 4 members (excludes halogenated alkanes) is 15. The molecule has 0 amide bonds. The molecule has 3 aromatic carbocycles. The van der Waals surface area contributed by atoms with Crippen LogP contribution in [0.4, 0.5) is 17.1 Å². The number of hydrogen-bond acceptors (Lipinski definition) is 6. The SMILES string of the molecule is CCCCCCCCCCCCCCCCCCOc1cc(/N=N/c2c(Cl)cc([N+](=O)[O-])cc2Br)c2ccccc2c1O. The second-order valence-corrected chi connectivity index (χ2v) is 12.4. The lowest BCUT2D eigenvalue weighted by Crippen LogP contribution is -1.98. The zero-order valence-corrected chi connectivity index (χ0v) is 27.7. The third-order valence-corrected chi connectivity index (χ3v) is 8.58. The van der Waals surface area contributed by atoms with E-state index in [1.807, 2.05) is 18.2 Å². The maximum Gasteiger partial charge on any atom is 0.272 e. The van der Waals surface area contributed by atoms with Crippen LogP contribution in [0.15, 0.2) is 57.2 Å². The van der Waals surface area contributed by atoms with Crippen LogP contribution in [-0.2, 0) is 0 Å². The van der Waals surface area contributed by atoms with Crippen molar-refractivity contribution in [3.8, 4) is 11.5 Å². The predicted octanol–water partition coefficient (Wildman–Crippen LogP) is 12.9. The lowest BCUT2D eigenvalue weighted by atomic mass is 10.0. The Hall–Kier alpha value is -2.71. The number of phenols is 1. The van der Waals surface area contributed by atoms with Gasteiger partial charge in [-0.25, -0.2) is 0 Å². The minimum absolute atomic E-state index is 0.0700. The van der Waals surface area contributed by atoms with Crippen molar-refractivity contribution in [3.05, 3.63) is 62.1 Å². The minimum Gasteiger partial charge on any atom is -0.504 e. The maximum absolute atomic E-state index is 11.1. The van der Waals surface area contributed by atoms with E-state index in [1.165, 1.54) is 102 Å². The number of hydrogen-bond donors (Lipinski definition) is 1. The van der Waals surface area contributed by atoms with Crippen molar-refractivity contribution < 1.29 is 14.8 Å². The van der Waals surface area contributed by atoms with E-state index in [-0.39, 0.29) is 22.1 Å². The van der Waals surface area contributed by atoms with Crippen molar-refractivity contribution in [1.82, 2.24) is 0 Å². The minimum atomic E-state index is -0.520. The summed E-state index contributed by atoms with van der Waals surface area (Å²) < 4.78 is 6.34. The second kappa shape index (κ2) is 19.5. The molecule has 0 unspecified atom stereocenters. The summed E-state index contributed by atoms with van der Waals surface area (Å²) in [7, 11) is 0. The second-order valence-electron chi connectivity index (χ2n) is 11.2. The number of nitrogens with zero attached hydrogens (tertiary/aromatic N) is 3. The molecule has 1 N–H and O–H groups in total. The summed E-state index contributed by atoms with van der Waals surface area (Å²) in [4.78, 5) is 10.6. The first-order chi connectivity index (χ1) is 20.9. The first-order valence-corrected chi connectivity index (χ1v) is 17.0. The third-order valence-electron chi connectivity index (χ3n) is 7.69. The van der Waals surface area contributed by atoms with Gasteiger partial charge in [-0.2, -0.15) is 0 Å². The van der Waals surface area contributed by atoms with Gasteiger partial charge in [0.15, 0.2) is 11.5 Å². The Balaban J connectivity index is 1.42. The summed E-state index contributed by atoms with van der Waals surface area (Å²) in [5.74, 6) is 0.420. The molecule has 0 heterocycles. The highest BCUT2D eigenvalue weighted by Gasteiger charge is 2.16. The van der Waals surface area contributed by atoms with Gasteiger partial charge in [-0.15, -0.1) is 10.2 Å². The summed E-state index contributed by atoms with van der Waals surface area (Å²) in [6.07, 6.45) is 20.9. The molecule has 0 radical (unpaired) electrons. The van der Waals surface area contributed by atoms with Crippen LogP contribution in [0.3, 0.4) is 0 Å². The van der Waals surface area contributed by atoms with E-state index in [4.69, 9.17) is 16.3 Å². The van der Waals surface area contributed by atoms with Crippen LogP contribution >= 0.6 is 27.5 Å². The average molecular weight is 675 g/mol. The van der Waals surface area contributed by atoms with Gasteiger partial charge in [0.2, 0.25) is 0 Å². The van der Waals surface area contributed by atoms with Gasteiger partial charge in [-0.3, -0.25) is 10.1 Å². The van der Waals surface area contributed by atoms with Gasteiger partial charge in [0, 0.05) is 29.0 Å². The van der Waals surface area contributed by atoms with E-state index in [1.54, 1.807) is 12.1 Å². The number of halogens is 2. The highest BCUT2D eigenvalue weighted by atomic mass is 79.9. The fourth-order valence-corrected chi connectivity index (χ4v) is 6.09. The number of aromatic hydroxyl groups is 1. The van der Waals surface area contributed by atoms with E-state index in [2.05, 4.69) is 33.1 Å². The number of nitro benzene ring substituents is 1. The summed E-state index contributed by atoms with van der Waals surface area (Å²) in [5, 5.41) is 32.0. The largest absolute Gasteiger partial charge is 0.504 e. The van der Waals surface area contributed by atoms with Crippen molar-refractivity contribution >= 4 is 55.4 Å². The van der Waals surface area contributed by atoms with E-state index < -0.39 is 4.92 Å². The standard InChI is InChI=1S/C34H45BrClN3O4/c1-2-3-4-5-6-7-8-9-10-11-12-13-14-15-16-19-22-43-32-25-31(27-20-17-18-21-28(27)34(32)40)37-38-33-29(35)23-26(39(41)42)24-30(33)36/h17-18,20-21,23-25,40H,2-16,19,22H2,1H3/b38-37+. The molecule has 0 spiro atoms. The molecular formula is C34H45BrClN3O4. The van der Waals surface area contributed by atoms with Crippen LogP contribution in [0.25, 0.3) is 10.8 Å². The number of benzene rings is 3. The third kappa shape index (κ3) is 11.7. The summed E-state index contributed by atoms with van der Waals surface area (Å²) in [6.45, 7) is 2.77. The molecule has 3 rings (SSSR count). The molecule has 43 heavy (non-hydrogen) atoms. The fourth-order valence-electron chi connectivity index (χ4n) is 5.20. The molecule has 0 aliphatic carbocycles. The molecule has 0 saturated heterocycles. The Labute approximate surface area is 269 Å². The van der Waals surface area contributed by atoms with Crippen molar-refractivity contribution in [2.45, 2.75) is 110 Å². The van der Waals surface area contributed by atoms with E-state index in [0.29, 0.717) is 33.3 Å². The molecule has 7 nitrogen and oxygen atoms in total. The van der Waals surface area contributed by atoms with Crippen LogP contribution in [0.5, 0.6) is 11.5 Å². The molecule has 0 atom stereocenters. The number of azo groups is 1. The van der Waals surface area contributed by atoms with E-state index >= 15 is 0 Å². The van der Waals surface area contributed by atoms with Gasteiger partial charge in [-0.1, -0.05) is 139 Å². The van der Waals surface area contributed by atoms with Crippen molar-refractivity contribution in [1.29, 1.82) is 0 Å². The molecule has 0 saturated carbocycles. The maximum atomic E-state index is 11.1. The van der Waals surface area contributed by atoms with Crippen molar-refractivity contribution in [2.75, 3.05) is 6.61 Å². The van der Waals surface area contributed by atoms with Crippen LogP contribution in [-0.4, -0.2) is 16.6 Å². The summed E-state index contributed by atoms with van der Waals surface area (Å²) in [6, 6.07) is 11.6. The quantitative estimate of drug-likeness (QED) is 0.0526. The van der Waals surface area contributed by atoms with Gasteiger partial charge in [-0.05, 0) is 22.4 Å². The van der Waals surface area contributed by atoms with Gasteiger partial charge in [0.1, 0.15) is 5.69 Å². The van der Waals surface area contributed by atoms with Crippen LogP contribution in [0, 0.1) is 10.1 Å². The zero-order chi connectivity index (χ0) is 30.9. The number of rotatable bonds is 21. The lowest BCUT2D eigenvalue weighted by Gasteiger charge is -2.12. The van der Waals surface area contributed by atoms with Crippen LogP contribution in [0.1, 0.15) is 110 Å². The molecule has 234 valence electrons. The topological polar surface area (TPSA) is 97.3 Å². The van der Waals surface area contributed by atoms with Gasteiger partial charge in [0.25, 0.3) is 5.69 Å². The molecule has 3 aromatic rings. The van der Waals surface area contributed by atoms with Crippen LogP contribution in [0.2, 0.25) is 5.02 Å². The smallest absolute Gasteiger partial charge is 0.272 e. The predicted molar refractivity (Wildman–Crippen MR) is 181 cm³/mol. The van der Waals surface area contributed by atoms with Crippen molar-refractivity contribution in [3.63, 3.8) is 0 Å². The highest BCUT2D eigenvalue weighted by molar-refractivity contribution is 9.10. The Morgan fingerprint density at radius 3 is 1.88 bits per heavy atom. The first-order valence-electron chi connectivity index (χ1n) is 15.8. The lowest BCUT2D eigenvalue weighted by molar-refractivity contribution is -0.384.